The summed E-state index contributed by atoms with van der Waals surface area (Å²) in [6, 6.07) is 12.8. The number of hydrogen-bond acceptors (Lipinski definition) is 10. The maximum atomic E-state index is 15.3. The van der Waals surface area contributed by atoms with Crippen molar-refractivity contribution in [3.05, 3.63) is 75.6 Å². The van der Waals surface area contributed by atoms with Gasteiger partial charge in [-0.2, -0.15) is 0 Å². The molecule has 216 valence electrons. The Bertz CT molecular complexity index is 1550. The minimum atomic E-state index is -3.66. The van der Waals surface area contributed by atoms with E-state index in [9.17, 15) is 19.5 Å². The molecule has 0 aliphatic carbocycles. The van der Waals surface area contributed by atoms with Gasteiger partial charge in [-0.3, -0.25) is 24.9 Å². The summed E-state index contributed by atoms with van der Waals surface area (Å²) in [5.41, 5.74) is 2.26. The van der Waals surface area contributed by atoms with E-state index in [0.717, 1.165) is 27.6 Å². The van der Waals surface area contributed by atoms with Crippen molar-refractivity contribution in [2.24, 2.45) is 5.73 Å². The van der Waals surface area contributed by atoms with E-state index < -0.39 is 66.8 Å². The van der Waals surface area contributed by atoms with Crippen molar-refractivity contribution in [1.82, 2.24) is 14.6 Å². The molecule has 1 aliphatic heterocycles. The molecule has 1 unspecified atom stereocenters. The molecule has 15 heteroatoms. The smallest absolute Gasteiger partial charge is 0.330 e. The van der Waals surface area contributed by atoms with E-state index in [4.69, 9.17) is 36.1 Å². The van der Waals surface area contributed by atoms with Gasteiger partial charge in [-0.25, -0.2) is 14.3 Å². The van der Waals surface area contributed by atoms with Crippen LogP contribution in [0.5, 0.6) is 5.75 Å². The van der Waals surface area contributed by atoms with Crippen LogP contribution in [-0.2, 0) is 30.6 Å². The molecule has 1 fully saturated rings. The quantitative estimate of drug-likeness (QED) is 0.199. The third kappa shape index (κ3) is 6.66. The number of aromatic nitrogens is 2. The standard InChI is InChI=1S/C25H30FN4O8PS/c1-14(2)36-23(33)15(3)29-39(40,38-18-9-8-16-6-4-5-7-17(16)12-18)35-13-25(27)21(26)20(32)22(37-25)30-11-10-19(31)28-24(30)34/h4-12,14-15,20-22,32H,13,27H2,1-3H3,(H,29,40)(H,28,31,34)/t15-,20+,21-,22+,25+,39?/m0/s1. The number of nitrogens with two attached hydrogens (primary N) is 1. The molecule has 3 aromatic rings. The summed E-state index contributed by atoms with van der Waals surface area (Å²) in [6.07, 6.45) is -5.03. The predicted octanol–water partition coefficient (Wildman–Crippen LogP) is 1.82. The maximum absolute atomic E-state index is 15.3. The second kappa shape index (κ2) is 11.9. The zero-order valence-corrected chi connectivity index (χ0v) is 23.6. The number of nitrogens with one attached hydrogen (secondary N) is 2. The molecule has 1 aliphatic rings. The van der Waals surface area contributed by atoms with E-state index >= 15 is 4.39 Å². The van der Waals surface area contributed by atoms with Crippen LogP contribution in [0.1, 0.15) is 27.0 Å². The number of ether oxygens (including phenoxy) is 2. The lowest BCUT2D eigenvalue weighted by atomic mass is 10.1. The average Bonchev–Trinajstić information content (AvgIpc) is 3.11. The molecule has 0 spiro atoms. The Labute approximate surface area is 233 Å². The number of rotatable bonds is 10. The molecule has 12 nitrogen and oxygen atoms in total. The summed E-state index contributed by atoms with van der Waals surface area (Å²) in [7, 11) is 0. The first kappa shape index (κ1) is 30.0. The third-order valence-corrected chi connectivity index (χ3v) is 8.47. The zero-order chi connectivity index (χ0) is 29.2. The fraction of sp³-hybridized carbons (Fsp3) is 0.400. The van der Waals surface area contributed by atoms with Gasteiger partial charge in [0.2, 0.25) is 0 Å². The summed E-state index contributed by atoms with van der Waals surface area (Å²) < 4.78 is 38.8. The Morgan fingerprint density at radius 1 is 1.25 bits per heavy atom. The van der Waals surface area contributed by atoms with Crippen molar-refractivity contribution in [3.63, 3.8) is 0 Å². The van der Waals surface area contributed by atoms with Gasteiger partial charge in [0.25, 0.3) is 5.56 Å². The van der Waals surface area contributed by atoms with Crippen LogP contribution in [-0.4, -0.2) is 57.4 Å². The van der Waals surface area contributed by atoms with Gasteiger partial charge in [0.1, 0.15) is 24.5 Å². The van der Waals surface area contributed by atoms with Crippen LogP contribution in [0.25, 0.3) is 10.8 Å². The fourth-order valence-corrected chi connectivity index (χ4v) is 6.43. The number of carbonyl (C=O) groups excluding carboxylic acids is 1. The summed E-state index contributed by atoms with van der Waals surface area (Å²) in [4.78, 5) is 38.1. The number of alkyl halides is 1. The minimum absolute atomic E-state index is 0.312. The van der Waals surface area contributed by atoms with Crippen molar-refractivity contribution in [1.29, 1.82) is 0 Å². The number of H-pyrrole nitrogens is 1. The van der Waals surface area contributed by atoms with E-state index in [1.54, 1.807) is 26.0 Å². The molecule has 2 heterocycles. The van der Waals surface area contributed by atoms with E-state index in [0.29, 0.717) is 5.75 Å². The second-order valence-electron chi connectivity index (χ2n) is 9.58. The third-order valence-electron chi connectivity index (χ3n) is 5.99. The van der Waals surface area contributed by atoms with Crippen LogP contribution < -0.4 is 26.6 Å². The van der Waals surface area contributed by atoms with Crippen molar-refractivity contribution in [2.75, 3.05) is 6.61 Å². The zero-order valence-electron chi connectivity index (χ0n) is 21.9. The molecule has 0 bridgehead atoms. The molecular weight excluding hydrogens is 566 g/mol. The number of fused-ring (bicyclic) bond motifs is 1. The van der Waals surface area contributed by atoms with Crippen LogP contribution in [0.15, 0.2) is 64.3 Å². The Kier molecular flexibility index (Phi) is 8.90. The molecule has 0 radical (unpaired) electrons. The Balaban J connectivity index is 1.58. The van der Waals surface area contributed by atoms with Gasteiger partial charge in [0.05, 0.1) is 6.10 Å². The number of esters is 1. The molecule has 1 saturated heterocycles. The summed E-state index contributed by atoms with van der Waals surface area (Å²) in [5.74, 6) is -0.308. The summed E-state index contributed by atoms with van der Waals surface area (Å²) >= 11 is 5.68. The highest BCUT2D eigenvalue weighted by Gasteiger charge is 2.55. The number of aromatic amines is 1. The molecule has 0 saturated carbocycles. The Hall–Kier alpha value is -2.97. The predicted molar refractivity (Wildman–Crippen MR) is 148 cm³/mol. The van der Waals surface area contributed by atoms with Crippen LogP contribution in [0.2, 0.25) is 0 Å². The number of aliphatic hydroxyl groups excluding tert-OH is 1. The van der Waals surface area contributed by atoms with Crippen molar-refractivity contribution < 1.29 is 32.8 Å². The average molecular weight is 597 g/mol. The number of nitrogens with zero attached hydrogens (tertiary/aromatic N) is 1. The van der Waals surface area contributed by atoms with E-state index in [1.165, 1.54) is 6.92 Å². The highest BCUT2D eigenvalue weighted by molar-refractivity contribution is 8.09. The molecule has 1 aromatic heterocycles. The lowest BCUT2D eigenvalue weighted by Crippen LogP contribution is -2.53. The number of halogens is 1. The first-order valence-electron chi connectivity index (χ1n) is 12.3. The Morgan fingerprint density at radius 2 is 1.95 bits per heavy atom. The monoisotopic (exact) mass is 596 g/mol. The topological polar surface area (TPSA) is 167 Å². The molecule has 6 atom stereocenters. The van der Waals surface area contributed by atoms with Crippen LogP contribution in [0, 0.1) is 0 Å². The number of carbonyl (C=O) groups is 1. The van der Waals surface area contributed by atoms with Crippen LogP contribution in [0.4, 0.5) is 4.39 Å². The lowest BCUT2D eigenvalue weighted by Gasteiger charge is -2.31. The van der Waals surface area contributed by atoms with E-state index in [-0.39, 0.29) is 0 Å². The van der Waals surface area contributed by atoms with Gasteiger partial charge >= 0.3 is 18.3 Å². The summed E-state index contributed by atoms with van der Waals surface area (Å²) in [5, 5.41) is 15.1. The number of benzene rings is 2. The first-order valence-corrected chi connectivity index (χ1v) is 15.0. The molecule has 4 rings (SSSR count). The molecule has 5 N–H and O–H groups in total. The second-order valence-corrected chi connectivity index (χ2v) is 12.7. The molecule has 2 aromatic carbocycles. The van der Waals surface area contributed by atoms with Gasteiger partial charge in [-0.15, -0.1) is 0 Å². The van der Waals surface area contributed by atoms with Gasteiger partial charge in [0, 0.05) is 12.3 Å². The van der Waals surface area contributed by atoms with Gasteiger partial charge in [0.15, 0.2) is 18.1 Å². The highest BCUT2D eigenvalue weighted by atomic mass is 32.5. The lowest BCUT2D eigenvalue weighted by molar-refractivity contribution is -0.149. The van der Waals surface area contributed by atoms with Gasteiger partial charge in [-0.05, 0) is 55.5 Å². The number of aliphatic hydroxyl groups is 1. The van der Waals surface area contributed by atoms with E-state index in [2.05, 4.69) is 5.09 Å². The molecular formula is C25H30FN4O8PS. The first-order chi connectivity index (χ1) is 18.8. The van der Waals surface area contributed by atoms with Crippen molar-refractivity contribution >= 4 is 35.2 Å². The van der Waals surface area contributed by atoms with Gasteiger partial charge in [-0.1, -0.05) is 30.3 Å². The Morgan fingerprint density at radius 3 is 2.62 bits per heavy atom. The van der Waals surface area contributed by atoms with Crippen molar-refractivity contribution in [2.45, 2.75) is 57.1 Å². The SMILES string of the molecule is CC(C)OC(=O)[C@H](C)NP(=S)(OC[C@@]1(N)O[C@@H](n2ccc(=O)[nH]c2=O)[C@H](O)[C@@H]1F)Oc1ccc2ccccc2c1. The molecule has 0 amide bonds. The van der Waals surface area contributed by atoms with Crippen LogP contribution >= 0.6 is 6.64 Å². The minimum Gasteiger partial charge on any atom is -0.462 e. The van der Waals surface area contributed by atoms with E-state index in [1.807, 2.05) is 35.3 Å². The normalized spacial score (nSPS) is 25.0. The fourth-order valence-electron chi connectivity index (χ4n) is 4.02. The van der Waals surface area contributed by atoms with Crippen LogP contribution in [0.3, 0.4) is 0 Å². The molecule has 40 heavy (non-hydrogen) atoms. The summed E-state index contributed by atoms with van der Waals surface area (Å²) in [6.45, 7) is 0.487. The number of hydrogen-bond donors (Lipinski definition) is 4. The van der Waals surface area contributed by atoms with Gasteiger partial charge < -0.3 is 23.6 Å². The maximum Gasteiger partial charge on any atom is 0.330 e. The highest BCUT2D eigenvalue weighted by Crippen LogP contribution is 2.48. The largest absolute Gasteiger partial charge is 0.462 e. The van der Waals surface area contributed by atoms with Crippen molar-refractivity contribution in [3.8, 4) is 5.75 Å².